The van der Waals surface area contributed by atoms with Crippen molar-refractivity contribution in [1.82, 2.24) is 5.32 Å². The van der Waals surface area contributed by atoms with Crippen molar-refractivity contribution in [3.05, 3.63) is 34.9 Å². The van der Waals surface area contributed by atoms with Crippen LogP contribution in [0.15, 0.2) is 24.3 Å². The second-order valence-electron chi connectivity index (χ2n) is 4.20. The van der Waals surface area contributed by atoms with Gasteiger partial charge in [0.15, 0.2) is 0 Å². The number of hydrogen-bond acceptors (Lipinski definition) is 2. The Labute approximate surface area is 102 Å². The van der Waals surface area contributed by atoms with E-state index in [1.54, 1.807) is 0 Å². The topological polar surface area (TPSA) is 29.1 Å². The van der Waals surface area contributed by atoms with Crippen molar-refractivity contribution in [3.8, 4) is 0 Å². The average Bonchev–Trinajstić information content (AvgIpc) is 2.16. The van der Waals surface area contributed by atoms with Crippen LogP contribution in [0.25, 0.3) is 0 Å². The van der Waals surface area contributed by atoms with E-state index in [1.165, 1.54) is 0 Å². The van der Waals surface area contributed by atoms with Crippen molar-refractivity contribution < 1.29 is 4.79 Å². The van der Waals surface area contributed by atoms with Crippen LogP contribution in [0.3, 0.4) is 0 Å². The molecule has 0 saturated heterocycles. The number of rotatable bonds is 6. The molecule has 1 rings (SSSR count). The summed E-state index contributed by atoms with van der Waals surface area (Å²) >= 11 is 5.85. The first-order valence-corrected chi connectivity index (χ1v) is 5.95. The molecule has 1 aromatic carbocycles. The Hall–Kier alpha value is -0.860. The molecule has 1 aromatic rings. The molecule has 3 heteroatoms. The number of halogens is 1. The van der Waals surface area contributed by atoms with E-state index in [1.807, 2.05) is 24.3 Å². The molecular weight excluding hydrogens is 222 g/mol. The molecule has 0 atom stereocenters. The van der Waals surface area contributed by atoms with E-state index >= 15 is 0 Å². The highest BCUT2D eigenvalue weighted by atomic mass is 35.5. The number of nitrogens with one attached hydrogen (secondary N) is 1. The molecule has 0 bridgehead atoms. The first-order chi connectivity index (χ1) is 7.58. The number of carbonyl (C=O) groups excluding carboxylic acids is 1. The van der Waals surface area contributed by atoms with Gasteiger partial charge in [-0.3, -0.25) is 4.79 Å². The van der Waals surface area contributed by atoms with Crippen LogP contribution in [-0.4, -0.2) is 18.4 Å². The van der Waals surface area contributed by atoms with E-state index < -0.39 is 0 Å². The van der Waals surface area contributed by atoms with Gasteiger partial charge in [0, 0.05) is 30.5 Å². The Morgan fingerprint density at radius 2 is 2.19 bits per heavy atom. The van der Waals surface area contributed by atoms with Gasteiger partial charge >= 0.3 is 0 Å². The monoisotopic (exact) mass is 239 g/mol. The molecule has 0 saturated carbocycles. The van der Waals surface area contributed by atoms with E-state index in [0.29, 0.717) is 23.9 Å². The number of ketones is 1. The van der Waals surface area contributed by atoms with E-state index in [-0.39, 0.29) is 5.78 Å². The van der Waals surface area contributed by atoms with E-state index in [9.17, 15) is 4.79 Å². The summed E-state index contributed by atoms with van der Waals surface area (Å²) < 4.78 is 0. The summed E-state index contributed by atoms with van der Waals surface area (Å²) in [4.78, 5) is 11.6. The maximum atomic E-state index is 11.6. The van der Waals surface area contributed by atoms with Gasteiger partial charge in [0.1, 0.15) is 5.78 Å². The van der Waals surface area contributed by atoms with Gasteiger partial charge in [-0.25, -0.2) is 0 Å². The predicted octanol–water partition coefficient (Wildman–Crippen LogP) is 2.84. The van der Waals surface area contributed by atoms with Crippen molar-refractivity contribution in [2.75, 3.05) is 6.54 Å². The van der Waals surface area contributed by atoms with E-state index in [2.05, 4.69) is 19.2 Å². The third kappa shape index (κ3) is 5.29. The van der Waals surface area contributed by atoms with Gasteiger partial charge in [0.2, 0.25) is 0 Å². The zero-order chi connectivity index (χ0) is 12.0. The summed E-state index contributed by atoms with van der Waals surface area (Å²) in [6, 6.07) is 7.89. The molecule has 2 nitrogen and oxygen atoms in total. The van der Waals surface area contributed by atoms with Crippen molar-refractivity contribution in [3.63, 3.8) is 0 Å². The summed E-state index contributed by atoms with van der Waals surface area (Å²) in [5.74, 6) is 0.246. The SMILES string of the molecule is CC(C)NCCC(=O)Cc1cccc(Cl)c1. The maximum Gasteiger partial charge on any atom is 0.138 e. The van der Waals surface area contributed by atoms with Gasteiger partial charge in [0.05, 0.1) is 0 Å². The van der Waals surface area contributed by atoms with Crippen LogP contribution in [0.2, 0.25) is 5.02 Å². The van der Waals surface area contributed by atoms with Crippen LogP contribution in [0.5, 0.6) is 0 Å². The zero-order valence-corrected chi connectivity index (χ0v) is 10.6. The summed E-state index contributed by atoms with van der Waals surface area (Å²) in [7, 11) is 0. The highest BCUT2D eigenvalue weighted by Gasteiger charge is 2.04. The highest BCUT2D eigenvalue weighted by molar-refractivity contribution is 6.30. The average molecular weight is 240 g/mol. The lowest BCUT2D eigenvalue weighted by Crippen LogP contribution is -2.25. The van der Waals surface area contributed by atoms with Crippen LogP contribution in [0, 0.1) is 0 Å². The fourth-order valence-corrected chi connectivity index (χ4v) is 1.68. The number of benzene rings is 1. The molecule has 0 radical (unpaired) electrons. The van der Waals surface area contributed by atoms with Crippen molar-refractivity contribution in [2.45, 2.75) is 32.7 Å². The maximum absolute atomic E-state index is 11.6. The number of Topliss-reactive ketones (excluding diaryl/α,β-unsaturated/α-hetero) is 1. The minimum absolute atomic E-state index is 0.246. The number of hydrogen-bond donors (Lipinski definition) is 1. The molecule has 0 spiro atoms. The summed E-state index contributed by atoms with van der Waals surface area (Å²) in [6.07, 6.45) is 1.05. The number of carbonyl (C=O) groups is 1. The Morgan fingerprint density at radius 3 is 2.81 bits per heavy atom. The van der Waals surface area contributed by atoms with Gasteiger partial charge in [-0.2, -0.15) is 0 Å². The molecule has 0 aliphatic rings. The van der Waals surface area contributed by atoms with Gasteiger partial charge in [0.25, 0.3) is 0 Å². The minimum atomic E-state index is 0.246. The lowest BCUT2D eigenvalue weighted by molar-refractivity contribution is -0.118. The van der Waals surface area contributed by atoms with Gasteiger partial charge in [-0.05, 0) is 17.7 Å². The molecule has 1 N–H and O–H groups in total. The molecular formula is C13H18ClNO. The molecule has 0 aliphatic heterocycles. The smallest absolute Gasteiger partial charge is 0.138 e. The van der Waals surface area contributed by atoms with Crippen LogP contribution >= 0.6 is 11.6 Å². The van der Waals surface area contributed by atoms with E-state index in [4.69, 9.17) is 11.6 Å². The standard InChI is InChI=1S/C13H18ClNO/c1-10(2)15-7-6-13(16)9-11-4-3-5-12(14)8-11/h3-5,8,10,15H,6-7,9H2,1-2H3. The van der Waals surface area contributed by atoms with Crippen LogP contribution in [0.4, 0.5) is 0 Å². The van der Waals surface area contributed by atoms with Crippen LogP contribution < -0.4 is 5.32 Å². The molecule has 88 valence electrons. The van der Waals surface area contributed by atoms with Crippen molar-refractivity contribution in [1.29, 1.82) is 0 Å². The zero-order valence-electron chi connectivity index (χ0n) is 9.79. The van der Waals surface area contributed by atoms with E-state index in [0.717, 1.165) is 12.1 Å². The second-order valence-corrected chi connectivity index (χ2v) is 4.64. The molecule has 0 aromatic heterocycles. The van der Waals surface area contributed by atoms with Gasteiger partial charge in [-0.1, -0.05) is 37.6 Å². The van der Waals surface area contributed by atoms with Crippen molar-refractivity contribution >= 4 is 17.4 Å². The third-order valence-electron chi connectivity index (χ3n) is 2.25. The molecule has 0 fully saturated rings. The molecule has 0 unspecified atom stereocenters. The largest absolute Gasteiger partial charge is 0.314 e. The summed E-state index contributed by atoms with van der Waals surface area (Å²) in [5.41, 5.74) is 0.988. The third-order valence-corrected chi connectivity index (χ3v) is 2.48. The molecule has 16 heavy (non-hydrogen) atoms. The fraction of sp³-hybridized carbons (Fsp3) is 0.462. The Bertz CT molecular complexity index is 350. The summed E-state index contributed by atoms with van der Waals surface area (Å²) in [5, 5.41) is 3.91. The predicted molar refractivity (Wildman–Crippen MR) is 67.9 cm³/mol. The van der Waals surface area contributed by atoms with Crippen molar-refractivity contribution in [2.24, 2.45) is 0 Å². The Balaban J connectivity index is 2.34. The highest BCUT2D eigenvalue weighted by Crippen LogP contribution is 2.11. The van der Waals surface area contributed by atoms with Crippen LogP contribution in [0.1, 0.15) is 25.8 Å². The lowest BCUT2D eigenvalue weighted by Gasteiger charge is -2.07. The second kappa shape index (κ2) is 6.66. The normalized spacial score (nSPS) is 10.8. The Kier molecular flexibility index (Phi) is 5.50. The summed E-state index contributed by atoms with van der Waals surface area (Å²) in [6.45, 7) is 4.89. The molecule has 0 heterocycles. The lowest BCUT2D eigenvalue weighted by atomic mass is 10.1. The van der Waals surface area contributed by atoms with Gasteiger partial charge < -0.3 is 5.32 Å². The minimum Gasteiger partial charge on any atom is -0.314 e. The first-order valence-electron chi connectivity index (χ1n) is 5.57. The molecule has 0 aliphatic carbocycles. The fourth-order valence-electron chi connectivity index (χ4n) is 1.46. The Morgan fingerprint density at radius 1 is 1.44 bits per heavy atom. The van der Waals surface area contributed by atoms with Crippen LogP contribution in [-0.2, 0) is 11.2 Å². The first kappa shape index (κ1) is 13.2. The quantitative estimate of drug-likeness (QED) is 0.827. The van der Waals surface area contributed by atoms with Gasteiger partial charge in [-0.15, -0.1) is 0 Å². The molecule has 0 amide bonds.